The summed E-state index contributed by atoms with van der Waals surface area (Å²) in [5.74, 6) is 0. The number of hydrogen-bond donors (Lipinski definition) is 1. The van der Waals surface area contributed by atoms with Gasteiger partial charge in [0.15, 0.2) is 0 Å². The first kappa shape index (κ1) is 14.3. The lowest BCUT2D eigenvalue weighted by Gasteiger charge is -2.37. The van der Waals surface area contributed by atoms with Crippen molar-refractivity contribution in [3.8, 4) is 0 Å². The summed E-state index contributed by atoms with van der Waals surface area (Å²) in [6.45, 7) is 9.27. The average molecular weight is 254 g/mol. The number of rotatable bonds is 5. The quantitative estimate of drug-likeness (QED) is 0.815. The Morgan fingerprint density at radius 2 is 2.11 bits per heavy atom. The van der Waals surface area contributed by atoms with Crippen molar-refractivity contribution in [2.24, 2.45) is 0 Å². The molecule has 0 saturated carbocycles. The molecule has 1 N–H and O–H groups in total. The zero-order valence-corrected chi connectivity index (χ0v) is 12.5. The van der Waals surface area contributed by atoms with Crippen molar-refractivity contribution in [1.29, 1.82) is 0 Å². The highest BCUT2D eigenvalue weighted by Gasteiger charge is 2.32. The van der Waals surface area contributed by atoms with Gasteiger partial charge in [-0.3, -0.25) is 0 Å². The molecule has 0 spiro atoms. The van der Waals surface area contributed by atoms with Crippen LogP contribution in [0.1, 0.15) is 52.9 Å². The second kappa shape index (κ2) is 5.89. The largest absolute Gasteiger partial charge is 0.379 e. The summed E-state index contributed by atoms with van der Waals surface area (Å²) < 4.78 is 5.52. The second-order valence-corrected chi connectivity index (χ2v) is 6.79. The molecular formula is C15H30N2O. The number of nitrogens with one attached hydrogen (secondary N) is 1. The number of fused-ring (bicyclic) bond motifs is 1. The molecule has 2 fully saturated rings. The standard InChI is InChI=1S/C15H30N2O/c1-12(11-15(2,3)18-4)16-13-7-9-17-8-5-6-14(17)10-13/h12-14,16H,5-11H2,1-4H3. The molecule has 2 aliphatic rings. The van der Waals surface area contributed by atoms with E-state index in [1.807, 2.05) is 7.11 Å². The van der Waals surface area contributed by atoms with Crippen LogP contribution in [0.3, 0.4) is 0 Å². The average Bonchev–Trinajstić information content (AvgIpc) is 2.75. The molecule has 2 aliphatic heterocycles. The maximum Gasteiger partial charge on any atom is 0.0637 e. The molecule has 2 saturated heterocycles. The highest BCUT2D eigenvalue weighted by molar-refractivity contribution is 4.90. The molecule has 0 aromatic heterocycles. The van der Waals surface area contributed by atoms with E-state index in [9.17, 15) is 0 Å². The van der Waals surface area contributed by atoms with Gasteiger partial charge in [-0.1, -0.05) is 0 Å². The van der Waals surface area contributed by atoms with Crippen LogP contribution in [0.4, 0.5) is 0 Å². The Morgan fingerprint density at radius 3 is 2.83 bits per heavy atom. The van der Waals surface area contributed by atoms with Crippen molar-refractivity contribution < 1.29 is 4.74 Å². The molecule has 0 radical (unpaired) electrons. The van der Waals surface area contributed by atoms with Crippen LogP contribution < -0.4 is 5.32 Å². The lowest BCUT2D eigenvalue weighted by atomic mass is 9.94. The predicted molar refractivity (Wildman–Crippen MR) is 75.9 cm³/mol. The topological polar surface area (TPSA) is 24.5 Å². The van der Waals surface area contributed by atoms with Gasteiger partial charge in [0.2, 0.25) is 0 Å². The SMILES string of the molecule is COC(C)(C)CC(C)NC1CCN2CCCC2C1. The fourth-order valence-electron chi connectivity index (χ4n) is 3.66. The van der Waals surface area contributed by atoms with Gasteiger partial charge in [0.05, 0.1) is 5.60 Å². The Kier molecular flexibility index (Phi) is 4.68. The van der Waals surface area contributed by atoms with Gasteiger partial charge in [-0.25, -0.2) is 0 Å². The van der Waals surface area contributed by atoms with Crippen molar-refractivity contribution in [3.63, 3.8) is 0 Å². The van der Waals surface area contributed by atoms with E-state index in [-0.39, 0.29) is 5.60 Å². The van der Waals surface area contributed by atoms with Gasteiger partial charge in [0.25, 0.3) is 0 Å². The summed E-state index contributed by atoms with van der Waals surface area (Å²) in [6, 6.07) is 2.11. The number of hydrogen-bond acceptors (Lipinski definition) is 3. The summed E-state index contributed by atoms with van der Waals surface area (Å²) >= 11 is 0. The van der Waals surface area contributed by atoms with E-state index in [4.69, 9.17) is 4.74 Å². The number of methoxy groups -OCH3 is 1. The molecule has 0 aromatic carbocycles. The third-order valence-corrected chi connectivity index (χ3v) is 4.69. The molecular weight excluding hydrogens is 224 g/mol. The molecule has 0 aliphatic carbocycles. The van der Waals surface area contributed by atoms with Crippen LogP contribution in [0, 0.1) is 0 Å². The summed E-state index contributed by atoms with van der Waals surface area (Å²) in [5, 5.41) is 3.82. The first-order chi connectivity index (χ1) is 8.50. The molecule has 18 heavy (non-hydrogen) atoms. The van der Waals surface area contributed by atoms with Gasteiger partial charge >= 0.3 is 0 Å². The van der Waals surface area contributed by atoms with Crippen LogP contribution in [-0.4, -0.2) is 48.8 Å². The van der Waals surface area contributed by atoms with Gasteiger partial charge in [0.1, 0.15) is 0 Å². The monoisotopic (exact) mass is 254 g/mol. The Morgan fingerprint density at radius 1 is 1.33 bits per heavy atom. The fraction of sp³-hybridized carbons (Fsp3) is 1.00. The molecule has 0 bridgehead atoms. The van der Waals surface area contributed by atoms with Gasteiger partial charge in [-0.15, -0.1) is 0 Å². The van der Waals surface area contributed by atoms with Crippen LogP contribution in [0.25, 0.3) is 0 Å². The lowest BCUT2D eigenvalue weighted by molar-refractivity contribution is 0.00658. The van der Waals surface area contributed by atoms with E-state index in [0.29, 0.717) is 12.1 Å². The molecule has 106 valence electrons. The minimum atomic E-state index is -0.0134. The van der Waals surface area contributed by atoms with E-state index in [1.54, 1.807) is 0 Å². The zero-order chi connectivity index (χ0) is 13.2. The van der Waals surface area contributed by atoms with Gasteiger partial charge in [-0.2, -0.15) is 0 Å². The van der Waals surface area contributed by atoms with Crippen molar-refractivity contribution >= 4 is 0 Å². The van der Waals surface area contributed by atoms with Crippen molar-refractivity contribution in [1.82, 2.24) is 10.2 Å². The summed E-state index contributed by atoms with van der Waals surface area (Å²) in [4.78, 5) is 2.68. The highest BCUT2D eigenvalue weighted by atomic mass is 16.5. The summed E-state index contributed by atoms with van der Waals surface area (Å²) in [5.41, 5.74) is -0.0134. The van der Waals surface area contributed by atoms with Crippen LogP contribution >= 0.6 is 0 Å². The second-order valence-electron chi connectivity index (χ2n) is 6.79. The van der Waals surface area contributed by atoms with Crippen molar-refractivity contribution in [2.45, 2.75) is 76.6 Å². The molecule has 0 aromatic rings. The van der Waals surface area contributed by atoms with Gasteiger partial charge in [0, 0.05) is 25.2 Å². The third-order valence-electron chi connectivity index (χ3n) is 4.69. The molecule has 2 rings (SSSR count). The minimum absolute atomic E-state index is 0.0134. The summed E-state index contributed by atoms with van der Waals surface area (Å²) in [6.07, 6.45) is 6.56. The molecule has 3 nitrogen and oxygen atoms in total. The lowest BCUT2D eigenvalue weighted by Crippen LogP contribution is -2.49. The van der Waals surface area contributed by atoms with Crippen LogP contribution in [0.5, 0.6) is 0 Å². The first-order valence-electron chi connectivity index (χ1n) is 7.55. The van der Waals surface area contributed by atoms with E-state index >= 15 is 0 Å². The van der Waals surface area contributed by atoms with E-state index in [2.05, 4.69) is 31.0 Å². The maximum atomic E-state index is 5.52. The molecule has 0 amide bonds. The zero-order valence-electron chi connectivity index (χ0n) is 12.5. The Hall–Kier alpha value is -0.120. The Balaban J connectivity index is 1.76. The fourth-order valence-corrected chi connectivity index (χ4v) is 3.66. The minimum Gasteiger partial charge on any atom is -0.379 e. The van der Waals surface area contributed by atoms with Gasteiger partial charge < -0.3 is 15.0 Å². The Labute approximate surface area is 112 Å². The van der Waals surface area contributed by atoms with Crippen LogP contribution in [-0.2, 0) is 4.74 Å². The number of ether oxygens (including phenoxy) is 1. The molecule has 2 heterocycles. The smallest absolute Gasteiger partial charge is 0.0637 e. The van der Waals surface area contributed by atoms with Gasteiger partial charge in [-0.05, 0) is 66.0 Å². The number of piperidine rings is 1. The number of nitrogens with zero attached hydrogens (tertiary/aromatic N) is 1. The van der Waals surface area contributed by atoms with Crippen molar-refractivity contribution in [2.75, 3.05) is 20.2 Å². The normalized spacial score (nSPS) is 31.3. The predicted octanol–water partition coefficient (Wildman–Crippen LogP) is 2.41. The highest BCUT2D eigenvalue weighted by Crippen LogP contribution is 2.27. The van der Waals surface area contributed by atoms with Crippen molar-refractivity contribution in [3.05, 3.63) is 0 Å². The van der Waals surface area contributed by atoms with Crippen LogP contribution in [0.15, 0.2) is 0 Å². The summed E-state index contributed by atoms with van der Waals surface area (Å²) in [7, 11) is 1.81. The van der Waals surface area contributed by atoms with E-state index in [1.165, 1.54) is 38.8 Å². The third kappa shape index (κ3) is 3.69. The van der Waals surface area contributed by atoms with E-state index < -0.39 is 0 Å². The molecule has 3 heteroatoms. The maximum absolute atomic E-state index is 5.52. The van der Waals surface area contributed by atoms with E-state index in [0.717, 1.165) is 12.5 Å². The Bertz CT molecular complexity index is 267. The van der Waals surface area contributed by atoms with Crippen LogP contribution in [0.2, 0.25) is 0 Å². The molecule has 3 unspecified atom stereocenters. The first-order valence-corrected chi connectivity index (χ1v) is 7.55. The molecule has 3 atom stereocenters.